The molecule has 5 heteroatoms. The zero-order valence-electron chi connectivity index (χ0n) is 11.1. The lowest BCUT2D eigenvalue weighted by molar-refractivity contribution is 0.496. The lowest BCUT2D eigenvalue weighted by Gasteiger charge is -2.20. The van der Waals surface area contributed by atoms with Crippen molar-refractivity contribution >= 4 is 11.3 Å². The molecule has 19 heavy (non-hydrogen) atoms. The summed E-state index contributed by atoms with van der Waals surface area (Å²) in [5.74, 6) is -1.12. The molecule has 2 rings (SSSR count). The average molecular weight is 282 g/mol. The van der Waals surface area contributed by atoms with Gasteiger partial charge in [-0.05, 0) is 26.8 Å². The minimum atomic E-state index is -0.570. The molecular formula is C14H16F2N2S. The van der Waals surface area contributed by atoms with Crippen molar-refractivity contribution < 1.29 is 8.78 Å². The summed E-state index contributed by atoms with van der Waals surface area (Å²) in [6.07, 6.45) is 0. The Kier molecular flexibility index (Phi) is 4.27. The Morgan fingerprint density at radius 1 is 1.26 bits per heavy atom. The van der Waals surface area contributed by atoms with Gasteiger partial charge in [0.25, 0.3) is 0 Å². The molecule has 102 valence electrons. The minimum absolute atomic E-state index is 0.165. The lowest BCUT2D eigenvalue weighted by Crippen LogP contribution is -2.29. The number of hydrogen-bond donors (Lipinski definition) is 1. The molecule has 1 aromatic carbocycles. The Balaban J connectivity index is 2.42. The molecule has 0 radical (unpaired) electrons. The average Bonchev–Trinajstić information content (AvgIpc) is 2.73. The van der Waals surface area contributed by atoms with Crippen molar-refractivity contribution in [2.45, 2.75) is 32.9 Å². The van der Waals surface area contributed by atoms with Crippen LogP contribution in [-0.4, -0.2) is 11.0 Å². The van der Waals surface area contributed by atoms with Crippen LogP contribution in [0, 0.1) is 18.6 Å². The fourth-order valence-electron chi connectivity index (χ4n) is 1.87. The van der Waals surface area contributed by atoms with Gasteiger partial charge in [0.05, 0.1) is 6.04 Å². The third kappa shape index (κ3) is 3.36. The smallest absolute Gasteiger partial charge is 0.131 e. The molecule has 0 saturated carbocycles. The first-order chi connectivity index (χ1) is 8.97. The molecule has 1 atom stereocenters. The molecular weight excluding hydrogens is 266 g/mol. The van der Waals surface area contributed by atoms with Crippen LogP contribution in [-0.2, 0) is 0 Å². The summed E-state index contributed by atoms with van der Waals surface area (Å²) >= 11 is 1.47. The Morgan fingerprint density at radius 3 is 2.53 bits per heavy atom. The number of aryl methyl sites for hydroxylation is 1. The van der Waals surface area contributed by atoms with Gasteiger partial charge in [-0.3, -0.25) is 0 Å². The molecule has 0 aliphatic rings. The predicted molar refractivity (Wildman–Crippen MR) is 73.3 cm³/mol. The lowest BCUT2D eigenvalue weighted by atomic mass is 10.1. The first kappa shape index (κ1) is 14.1. The monoisotopic (exact) mass is 282 g/mol. The fraction of sp³-hybridized carbons (Fsp3) is 0.357. The number of thiazole rings is 1. The van der Waals surface area contributed by atoms with E-state index in [4.69, 9.17) is 0 Å². The quantitative estimate of drug-likeness (QED) is 0.922. The number of nitrogens with zero attached hydrogens (tertiary/aromatic N) is 1. The number of nitrogens with one attached hydrogen (secondary N) is 1. The molecule has 0 aliphatic heterocycles. The zero-order chi connectivity index (χ0) is 14.0. The highest BCUT2D eigenvalue weighted by atomic mass is 32.1. The topological polar surface area (TPSA) is 24.9 Å². The Morgan fingerprint density at radius 2 is 2.00 bits per heavy atom. The highest BCUT2D eigenvalue weighted by Crippen LogP contribution is 2.27. The Labute approximate surface area is 115 Å². The molecule has 1 heterocycles. The van der Waals surface area contributed by atoms with Gasteiger partial charge in [-0.25, -0.2) is 13.8 Å². The molecule has 0 amide bonds. The Hall–Kier alpha value is -1.33. The number of halogens is 2. The molecule has 0 saturated heterocycles. The van der Waals surface area contributed by atoms with E-state index >= 15 is 0 Å². The van der Waals surface area contributed by atoms with Crippen LogP contribution in [0.4, 0.5) is 8.78 Å². The van der Waals surface area contributed by atoms with Gasteiger partial charge in [0.2, 0.25) is 0 Å². The zero-order valence-corrected chi connectivity index (χ0v) is 11.9. The standard InChI is InChI=1S/C14H16F2N2S/c1-8(2)17-13(14-18-9(3)7-19-14)11-5-4-10(15)6-12(11)16/h4-8,13,17H,1-3H3. The first-order valence-corrected chi connectivity index (χ1v) is 6.98. The summed E-state index contributed by atoms with van der Waals surface area (Å²) in [7, 11) is 0. The highest BCUT2D eigenvalue weighted by Gasteiger charge is 2.21. The third-order valence-corrected chi connectivity index (χ3v) is 3.68. The van der Waals surface area contributed by atoms with E-state index in [1.807, 2.05) is 26.2 Å². The van der Waals surface area contributed by atoms with Crippen molar-refractivity contribution in [3.63, 3.8) is 0 Å². The second kappa shape index (κ2) is 5.75. The van der Waals surface area contributed by atoms with Gasteiger partial charge in [-0.2, -0.15) is 0 Å². The summed E-state index contributed by atoms with van der Waals surface area (Å²) in [6.45, 7) is 5.86. The first-order valence-electron chi connectivity index (χ1n) is 6.10. The third-order valence-electron chi connectivity index (χ3n) is 2.66. The molecule has 2 nitrogen and oxygen atoms in total. The van der Waals surface area contributed by atoms with Crippen molar-refractivity contribution in [3.05, 3.63) is 51.5 Å². The second-order valence-electron chi connectivity index (χ2n) is 4.75. The van der Waals surface area contributed by atoms with Crippen LogP contribution in [0.2, 0.25) is 0 Å². The van der Waals surface area contributed by atoms with Crippen LogP contribution in [0.15, 0.2) is 23.6 Å². The summed E-state index contributed by atoms with van der Waals surface area (Å²) in [6, 6.07) is 3.47. The predicted octanol–water partition coefficient (Wildman–Crippen LogP) is 3.82. The van der Waals surface area contributed by atoms with Crippen molar-refractivity contribution in [1.29, 1.82) is 0 Å². The number of aromatic nitrogens is 1. The molecule has 0 fully saturated rings. The van der Waals surface area contributed by atoms with Gasteiger partial charge in [0.15, 0.2) is 0 Å². The van der Waals surface area contributed by atoms with Gasteiger partial charge < -0.3 is 5.32 Å². The Bertz CT molecular complexity index is 566. The van der Waals surface area contributed by atoms with Crippen LogP contribution in [0.3, 0.4) is 0 Å². The van der Waals surface area contributed by atoms with Gasteiger partial charge in [-0.1, -0.05) is 6.07 Å². The van der Waals surface area contributed by atoms with E-state index in [0.29, 0.717) is 5.56 Å². The van der Waals surface area contributed by atoms with Crippen molar-refractivity contribution in [1.82, 2.24) is 10.3 Å². The van der Waals surface area contributed by atoms with Crippen molar-refractivity contribution in [2.24, 2.45) is 0 Å². The van der Waals surface area contributed by atoms with E-state index < -0.39 is 11.6 Å². The molecule has 0 bridgehead atoms. The van der Waals surface area contributed by atoms with Gasteiger partial charge in [0.1, 0.15) is 16.6 Å². The van der Waals surface area contributed by atoms with E-state index in [-0.39, 0.29) is 12.1 Å². The van der Waals surface area contributed by atoms with Crippen molar-refractivity contribution in [2.75, 3.05) is 0 Å². The fourth-order valence-corrected chi connectivity index (χ4v) is 2.74. The van der Waals surface area contributed by atoms with Crippen molar-refractivity contribution in [3.8, 4) is 0 Å². The number of rotatable bonds is 4. The molecule has 0 aliphatic carbocycles. The summed E-state index contributed by atoms with van der Waals surface area (Å²) in [4.78, 5) is 4.40. The van der Waals surface area contributed by atoms with E-state index in [1.165, 1.54) is 23.5 Å². The maximum Gasteiger partial charge on any atom is 0.131 e. The van der Waals surface area contributed by atoms with Gasteiger partial charge in [0, 0.05) is 28.7 Å². The van der Waals surface area contributed by atoms with Crippen LogP contribution >= 0.6 is 11.3 Å². The minimum Gasteiger partial charge on any atom is -0.302 e. The highest BCUT2D eigenvalue weighted by molar-refractivity contribution is 7.09. The summed E-state index contributed by atoms with van der Waals surface area (Å²) in [5, 5.41) is 5.98. The number of hydrogen-bond acceptors (Lipinski definition) is 3. The van der Waals surface area contributed by atoms with Crippen LogP contribution in [0.25, 0.3) is 0 Å². The van der Waals surface area contributed by atoms with E-state index in [0.717, 1.165) is 16.8 Å². The van der Waals surface area contributed by atoms with Crippen LogP contribution in [0.1, 0.15) is 36.2 Å². The van der Waals surface area contributed by atoms with Gasteiger partial charge >= 0.3 is 0 Å². The van der Waals surface area contributed by atoms with Gasteiger partial charge in [-0.15, -0.1) is 11.3 Å². The van der Waals surface area contributed by atoms with Crippen LogP contribution in [0.5, 0.6) is 0 Å². The van der Waals surface area contributed by atoms with Crippen LogP contribution < -0.4 is 5.32 Å². The second-order valence-corrected chi connectivity index (χ2v) is 5.64. The summed E-state index contributed by atoms with van der Waals surface area (Å²) < 4.78 is 26.9. The number of benzene rings is 1. The normalized spacial score (nSPS) is 12.9. The largest absolute Gasteiger partial charge is 0.302 e. The maximum atomic E-state index is 13.9. The van der Waals surface area contributed by atoms with E-state index in [2.05, 4.69) is 10.3 Å². The van der Waals surface area contributed by atoms with E-state index in [9.17, 15) is 8.78 Å². The molecule has 0 spiro atoms. The molecule has 1 aromatic heterocycles. The summed E-state index contributed by atoms with van der Waals surface area (Å²) in [5.41, 5.74) is 1.32. The maximum absolute atomic E-state index is 13.9. The van der Waals surface area contributed by atoms with E-state index in [1.54, 1.807) is 0 Å². The molecule has 2 aromatic rings. The SMILES string of the molecule is Cc1csc(C(NC(C)C)c2ccc(F)cc2F)n1. The molecule has 1 unspecified atom stereocenters. The molecule has 1 N–H and O–H groups in total.